The number of benzene rings is 1. The first-order valence-electron chi connectivity index (χ1n) is 7.26. The van der Waals surface area contributed by atoms with Crippen molar-refractivity contribution < 1.29 is 4.39 Å². The topological polar surface area (TPSA) is 28.2 Å². The minimum Gasteiger partial charge on any atom is -0.315 e. The molecule has 1 aromatic heterocycles. The van der Waals surface area contributed by atoms with Gasteiger partial charge < -0.3 is 5.32 Å². The van der Waals surface area contributed by atoms with Crippen LogP contribution in [-0.4, -0.2) is 35.6 Å². The molecule has 1 saturated heterocycles. The van der Waals surface area contributed by atoms with Gasteiger partial charge in [-0.2, -0.15) is 0 Å². The Labute approximate surface area is 122 Å². The summed E-state index contributed by atoms with van der Waals surface area (Å²) in [6, 6.07) is 5.44. The highest BCUT2D eigenvalue weighted by Crippen LogP contribution is 2.25. The minimum absolute atomic E-state index is 0.182. The van der Waals surface area contributed by atoms with Crippen molar-refractivity contribution in [3.05, 3.63) is 29.0 Å². The first kappa shape index (κ1) is 13.9. The number of rotatable bonds is 5. The Bertz CT molecular complexity index is 578. The number of hydrogen-bond donors (Lipinski definition) is 1. The fraction of sp³-hybridized carbons (Fsp3) is 0.533. The summed E-state index contributed by atoms with van der Waals surface area (Å²) in [7, 11) is 0. The number of aromatic nitrogens is 1. The summed E-state index contributed by atoms with van der Waals surface area (Å²) in [6.07, 6.45) is 2.36. The number of nitrogens with one attached hydrogen (secondary N) is 1. The van der Waals surface area contributed by atoms with Crippen molar-refractivity contribution in [2.75, 3.05) is 19.6 Å². The second-order valence-corrected chi connectivity index (χ2v) is 6.45. The molecule has 1 aliphatic heterocycles. The molecule has 20 heavy (non-hydrogen) atoms. The van der Waals surface area contributed by atoms with E-state index >= 15 is 0 Å². The van der Waals surface area contributed by atoms with Crippen LogP contribution in [0.25, 0.3) is 10.2 Å². The lowest BCUT2D eigenvalue weighted by Gasteiger charge is -2.26. The summed E-state index contributed by atoms with van der Waals surface area (Å²) >= 11 is 1.61. The summed E-state index contributed by atoms with van der Waals surface area (Å²) < 4.78 is 14.2. The van der Waals surface area contributed by atoms with Gasteiger partial charge in [-0.15, -0.1) is 11.3 Å². The van der Waals surface area contributed by atoms with Gasteiger partial charge in [-0.05, 0) is 44.1 Å². The second kappa shape index (κ2) is 6.16. The molecule has 1 aromatic carbocycles. The average molecular weight is 293 g/mol. The van der Waals surface area contributed by atoms with Crippen LogP contribution < -0.4 is 5.32 Å². The highest BCUT2D eigenvalue weighted by molar-refractivity contribution is 7.18. The summed E-state index contributed by atoms with van der Waals surface area (Å²) in [5, 5.41) is 4.51. The third-order valence-electron chi connectivity index (χ3n) is 3.79. The molecule has 1 aliphatic rings. The Kier molecular flexibility index (Phi) is 4.29. The average Bonchev–Trinajstić information content (AvgIpc) is 3.06. The van der Waals surface area contributed by atoms with Gasteiger partial charge in [0.1, 0.15) is 10.8 Å². The van der Waals surface area contributed by atoms with Crippen molar-refractivity contribution in [2.45, 2.75) is 32.4 Å². The van der Waals surface area contributed by atoms with Crippen molar-refractivity contribution in [1.82, 2.24) is 15.2 Å². The van der Waals surface area contributed by atoms with Crippen molar-refractivity contribution in [2.24, 2.45) is 0 Å². The molecule has 3 rings (SSSR count). The molecule has 2 aromatic rings. The van der Waals surface area contributed by atoms with Crippen LogP contribution in [0.15, 0.2) is 18.2 Å². The molecule has 0 saturated carbocycles. The van der Waals surface area contributed by atoms with Gasteiger partial charge in [0.25, 0.3) is 0 Å². The molecule has 5 heteroatoms. The number of nitrogens with zero attached hydrogens (tertiary/aromatic N) is 2. The highest BCUT2D eigenvalue weighted by atomic mass is 32.1. The zero-order valence-electron chi connectivity index (χ0n) is 11.7. The van der Waals surface area contributed by atoms with Gasteiger partial charge >= 0.3 is 0 Å². The molecule has 1 N–H and O–H groups in total. The monoisotopic (exact) mass is 293 g/mol. The van der Waals surface area contributed by atoms with Gasteiger partial charge in [0.15, 0.2) is 0 Å². The number of halogens is 1. The lowest BCUT2D eigenvalue weighted by atomic mass is 10.2. The first-order chi connectivity index (χ1) is 9.76. The highest BCUT2D eigenvalue weighted by Gasteiger charge is 2.22. The maximum absolute atomic E-state index is 13.2. The van der Waals surface area contributed by atoms with Crippen LogP contribution in [0, 0.1) is 5.82 Å². The smallest absolute Gasteiger partial charge is 0.124 e. The van der Waals surface area contributed by atoms with E-state index in [1.54, 1.807) is 23.5 Å². The van der Waals surface area contributed by atoms with E-state index < -0.39 is 0 Å². The van der Waals surface area contributed by atoms with E-state index in [1.165, 1.54) is 12.5 Å². The molecule has 0 aliphatic carbocycles. The maximum Gasteiger partial charge on any atom is 0.124 e. The summed E-state index contributed by atoms with van der Waals surface area (Å²) in [5.74, 6) is -0.182. The van der Waals surface area contributed by atoms with E-state index in [1.807, 2.05) is 0 Å². The molecule has 0 radical (unpaired) electrons. The molecule has 0 amide bonds. The van der Waals surface area contributed by atoms with Crippen LogP contribution in [0.4, 0.5) is 4.39 Å². The van der Waals surface area contributed by atoms with Crippen LogP contribution in [0.2, 0.25) is 0 Å². The van der Waals surface area contributed by atoms with E-state index in [9.17, 15) is 4.39 Å². The number of thiazole rings is 1. The summed E-state index contributed by atoms with van der Waals surface area (Å²) in [4.78, 5) is 7.15. The molecular formula is C15H20FN3S. The van der Waals surface area contributed by atoms with Gasteiger partial charge in [0.2, 0.25) is 0 Å². The largest absolute Gasteiger partial charge is 0.315 e. The first-order valence-corrected chi connectivity index (χ1v) is 8.07. The lowest BCUT2D eigenvalue weighted by molar-refractivity contribution is 0.199. The molecule has 108 valence electrons. The van der Waals surface area contributed by atoms with Crippen molar-refractivity contribution in [3.63, 3.8) is 0 Å². The normalized spacial score (nSPS) is 19.2. The molecule has 2 heterocycles. The lowest BCUT2D eigenvalue weighted by Crippen LogP contribution is -2.36. The van der Waals surface area contributed by atoms with E-state index in [-0.39, 0.29) is 5.82 Å². The van der Waals surface area contributed by atoms with Gasteiger partial charge in [0.05, 0.1) is 16.8 Å². The molecule has 3 nitrogen and oxygen atoms in total. The third kappa shape index (κ3) is 3.00. The van der Waals surface area contributed by atoms with Crippen molar-refractivity contribution in [3.8, 4) is 0 Å². The fourth-order valence-electron chi connectivity index (χ4n) is 2.82. The zero-order valence-corrected chi connectivity index (χ0v) is 12.5. The predicted molar refractivity (Wildman–Crippen MR) is 81.6 cm³/mol. The SMILES string of the molecule is CCCN(Cc1nc2ccc(F)cc2s1)C1CCNC1. The van der Waals surface area contributed by atoms with E-state index in [2.05, 4.69) is 22.1 Å². The van der Waals surface area contributed by atoms with E-state index in [0.717, 1.165) is 47.8 Å². The number of hydrogen-bond acceptors (Lipinski definition) is 4. The van der Waals surface area contributed by atoms with Gasteiger partial charge in [-0.3, -0.25) is 4.90 Å². The van der Waals surface area contributed by atoms with Crippen LogP contribution in [-0.2, 0) is 6.54 Å². The van der Waals surface area contributed by atoms with Crippen LogP contribution in [0.3, 0.4) is 0 Å². The summed E-state index contributed by atoms with van der Waals surface area (Å²) in [6.45, 7) is 6.36. The number of fused-ring (bicyclic) bond motifs is 1. The molecule has 0 bridgehead atoms. The van der Waals surface area contributed by atoms with Crippen LogP contribution in [0.1, 0.15) is 24.8 Å². The van der Waals surface area contributed by atoms with Gasteiger partial charge in [-0.1, -0.05) is 6.92 Å². The minimum atomic E-state index is -0.182. The maximum atomic E-state index is 13.2. The molecular weight excluding hydrogens is 273 g/mol. The van der Waals surface area contributed by atoms with E-state index in [4.69, 9.17) is 0 Å². The molecule has 0 spiro atoms. The molecule has 1 atom stereocenters. The Morgan fingerprint density at radius 3 is 3.15 bits per heavy atom. The van der Waals surface area contributed by atoms with Gasteiger partial charge in [-0.25, -0.2) is 9.37 Å². The third-order valence-corrected chi connectivity index (χ3v) is 4.80. The Morgan fingerprint density at radius 2 is 2.40 bits per heavy atom. The van der Waals surface area contributed by atoms with Crippen LogP contribution >= 0.6 is 11.3 Å². The quantitative estimate of drug-likeness (QED) is 0.918. The molecule has 1 unspecified atom stereocenters. The summed E-state index contributed by atoms with van der Waals surface area (Å²) in [5.41, 5.74) is 0.910. The van der Waals surface area contributed by atoms with E-state index in [0.29, 0.717) is 6.04 Å². The van der Waals surface area contributed by atoms with Crippen molar-refractivity contribution in [1.29, 1.82) is 0 Å². The van der Waals surface area contributed by atoms with Crippen molar-refractivity contribution >= 4 is 21.6 Å². The zero-order chi connectivity index (χ0) is 13.9. The second-order valence-electron chi connectivity index (χ2n) is 5.34. The predicted octanol–water partition coefficient (Wildman–Crippen LogP) is 3.01. The van der Waals surface area contributed by atoms with Gasteiger partial charge in [0, 0.05) is 12.6 Å². The Hall–Kier alpha value is -1.04. The molecule has 1 fully saturated rings. The Morgan fingerprint density at radius 1 is 1.50 bits per heavy atom. The fourth-order valence-corrected chi connectivity index (χ4v) is 3.83. The Balaban J connectivity index is 1.78. The standard InChI is InChI=1S/C15H20FN3S/c1-2-7-19(12-5-6-17-9-12)10-15-18-13-4-3-11(16)8-14(13)20-15/h3-4,8,12,17H,2,5-7,9-10H2,1H3. The van der Waals surface area contributed by atoms with Crippen LogP contribution in [0.5, 0.6) is 0 Å².